The number of benzene rings is 1. The number of carbonyl (C=O) groups is 1. The molecule has 2 saturated carbocycles. The number of para-hydroxylation sites is 1. The average Bonchev–Trinajstić information content (AvgIpc) is 3.09. The van der Waals surface area contributed by atoms with Gasteiger partial charge in [0.15, 0.2) is 0 Å². The quantitative estimate of drug-likeness (QED) is 0.612. The number of aromatic nitrogens is 1. The minimum atomic E-state index is -4.67. The Labute approximate surface area is 148 Å². The van der Waals surface area contributed by atoms with Crippen LogP contribution in [0.3, 0.4) is 0 Å². The van der Waals surface area contributed by atoms with E-state index in [1.807, 2.05) is 18.3 Å². The second-order valence-corrected chi connectivity index (χ2v) is 8.33. The Morgan fingerprint density at radius 3 is 2.12 bits per heavy atom. The molecule has 6 nitrogen and oxygen atoms in total. The molecule has 0 amide bonds. The van der Waals surface area contributed by atoms with E-state index in [2.05, 4.69) is 44.0 Å². The third kappa shape index (κ3) is 4.29. The van der Waals surface area contributed by atoms with Crippen LogP contribution in [0, 0.1) is 16.7 Å². The SMILES string of the molecule is CC12CCC(CC1=O)C2(C)C.O=S(=O)(O)O.c1ccc2[nH]ccc2c1. The molecule has 0 radical (unpaired) electrons. The Kier molecular flexibility index (Phi) is 5.41. The first kappa shape index (κ1) is 19.6. The van der Waals surface area contributed by atoms with E-state index in [0.717, 1.165) is 12.8 Å². The van der Waals surface area contributed by atoms with Crippen molar-refractivity contribution in [1.29, 1.82) is 0 Å². The predicted octanol–water partition coefficient (Wildman–Crippen LogP) is 3.92. The van der Waals surface area contributed by atoms with Crippen molar-refractivity contribution < 1.29 is 22.3 Å². The molecule has 0 aliphatic heterocycles. The first-order valence-electron chi connectivity index (χ1n) is 8.20. The standard InChI is InChI=1S/C10H16O.C8H7N.H2O4S/c1-9(2)7-4-5-10(9,3)8(11)6-7;1-2-4-8-7(3-1)5-6-9-8;1-5(2,3)4/h7H,4-6H2,1-3H3;1-6,9H;(H2,1,2,3,4). The highest BCUT2D eigenvalue weighted by Crippen LogP contribution is 2.63. The molecule has 2 aliphatic carbocycles. The van der Waals surface area contributed by atoms with E-state index < -0.39 is 10.4 Å². The molecular weight excluding hydrogens is 342 g/mol. The van der Waals surface area contributed by atoms with Gasteiger partial charge in [-0.25, -0.2) is 0 Å². The van der Waals surface area contributed by atoms with E-state index in [9.17, 15) is 4.79 Å². The van der Waals surface area contributed by atoms with Crippen molar-refractivity contribution in [3.63, 3.8) is 0 Å². The highest BCUT2D eigenvalue weighted by atomic mass is 32.3. The third-order valence-corrected chi connectivity index (χ3v) is 5.95. The molecule has 2 aliphatic rings. The van der Waals surface area contributed by atoms with Crippen LogP contribution < -0.4 is 0 Å². The molecule has 2 atom stereocenters. The molecule has 4 rings (SSSR count). The largest absolute Gasteiger partial charge is 0.394 e. The van der Waals surface area contributed by atoms with Gasteiger partial charge in [-0.05, 0) is 41.7 Å². The second-order valence-electron chi connectivity index (χ2n) is 7.43. The number of hydrogen-bond donors (Lipinski definition) is 3. The smallest absolute Gasteiger partial charge is 0.361 e. The topological polar surface area (TPSA) is 107 Å². The van der Waals surface area contributed by atoms with E-state index in [1.54, 1.807) is 0 Å². The molecule has 1 aromatic heterocycles. The summed E-state index contributed by atoms with van der Waals surface area (Å²) in [6, 6.07) is 10.3. The zero-order valence-corrected chi connectivity index (χ0v) is 15.5. The summed E-state index contributed by atoms with van der Waals surface area (Å²) in [6.07, 6.45) is 5.20. The van der Waals surface area contributed by atoms with Crippen molar-refractivity contribution in [2.24, 2.45) is 16.7 Å². The van der Waals surface area contributed by atoms with Gasteiger partial charge in [0, 0.05) is 23.5 Å². The van der Waals surface area contributed by atoms with Gasteiger partial charge in [-0.3, -0.25) is 13.9 Å². The number of ketones is 1. The minimum Gasteiger partial charge on any atom is -0.361 e. The van der Waals surface area contributed by atoms with Crippen LogP contribution >= 0.6 is 0 Å². The fraction of sp³-hybridized carbons (Fsp3) is 0.500. The highest BCUT2D eigenvalue weighted by molar-refractivity contribution is 7.79. The number of aromatic amines is 1. The van der Waals surface area contributed by atoms with E-state index in [1.165, 1.54) is 17.3 Å². The molecule has 2 aromatic rings. The summed E-state index contributed by atoms with van der Waals surface area (Å²) in [6.45, 7) is 6.67. The molecule has 3 N–H and O–H groups in total. The zero-order chi connectivity index (χ0) is 18.9. The van der Waals surface area contributed by atoms with Crippen molar-refractivity contribution in [3.05, 3.63) is 36.5 Å². The number of hydrogen-bond acceptors (Lipinski definition) is 3. The summed E-state index contributed by atoms with van der Waals surface area (Å²) in [5.41, 5.74) is 1.51. The van der Waals surface area contributed by atoms with Gasteiger partial charge >= 0.3 is 10.4 Å². The maximum atomic E-state index is 11.6. The molecule has 7 heteroatoms. The van der Waals surface area contributed by atoms with Gasteiger partial charge in [0.25, 0.3) is 0 Å². The maximum absolute atomic E-state index is 11.6. The van der Waals surface area contributed by atoms with E-state index in [-0.39, 0.29) is 10.8 Å². The van der Waals surface area contributed by atoms with Crippen LogP contribution in [-0.4, -0.2) is 28.3 Å². The van der Waals surface area contributed by atoms with Gasteiger partial charge in [0.2, 0.25) is 0 Å². The first-order chi connectivity index (χ1) is 11.4. The molecular formula is C18H25NO5S. The summed E-state index contributed by atoms with van der Waals surface area (Å²) >= 11 is 0. The Morgan fingerprint density at radius 1 is 1.12 bits per heavy atom. The van der Waals surface area contributed by atoms with Crippen LogP contribution in [0.25, 0.3) is 10.9 Å². The maximum Gasteiger partial charge on any atom is 0.394 e. The molecule has 2 bridgehead atoms. The first-order valence-corrected chi connectivity index (χ1v) is 9.60. The monoisotopic (exact) mass is 367 g/mol. The Balaban J connectivity index is 0.000000146. The van der Waals surface area contributed by atoms with E-state index >= 15 is 0 Å². The summed E-state index contributed by atoms with van der Waals surface area (Å²) in [7, 11) is -4.67. The van der Waals surface area contributed by atoms with Crippen LogP contribution in [0.5, 0.6) is 0 Å². The van der Waals surface area contributed by atoms with Gasteiger partial charge in [-0.1, -0.05) is 39.0 Å². The van der Waals surface area contributed by atoms with Crippen LogP contribution in [0.2, 0.25) is 0 Å². The normalized spacial score (nSPS) is 26.6. The van der Waals surface area contributed by atoms with Gasteiger partial charge in [-0.2, -0.15) is 8.42 Å². The van der Waals surface area contributed by atoms with E-state index in [0.29, 0.717) is 11.7 Å². The van der Waals surface area contributed by atoms with Crippen LogP contribution in [0.15, 0.2) is 36.5 Å². The Bertz CT molecular complexity index is 817. The molecule has 0 spiro atoms. The van der Waals surface area contributed by atoms with Crippen LogP contribution in [0.4, 0.5) is 0 Å². The second kappa shape index (κ2) is 6.90. The average molecular weight is 367 g/mol. The number of rotatable bonds is 0. The van der Waals surface area contributed by atoms with Gasteiger partial charge in [-0.15, -0.1) is 0 Å². The minimum absolute atomic E-state index is 0.0255. The Hall–Kier alpha value is -1.70. The van der Waals surface area contributed by atoms with Gasteiger partial charge in [0.1, 0.15) is 5.78 Å². The van der Waals surface area contributed by atoms with Crippen molar-refractivity contribution in [3.8, 4) is 0 Å². The van der Waals surface area contributed by atoms with Crippen molar-refractivity contribution >= 4 is 27.1 Å². The lowest BCUT2D eigenvalue weighted by Crippen LogP contribution is -2.32. The van der Waals surface area contributed by atoms with Gasteiger partial charge < -0.3 is 4.98 Å². The summed E-state index contributed by atoms with van der Waals surface area (Å²) in [5.74, 6) is 1.19. The van der Waals surface area contributed by atoms with Crippen molar-refractivity contribution in [2.75, 3.05) is 0 Å². The number of carbonyl (C=O) groups excluding carboxylic acids is 1. The van der Waals surface area contributed by atoms with Crippen molar-refractivity contribution in [1.82, 2.24) is 4.98 Å². The molecule has 25 heavy (non-hydrogen) atoms. The fourth-order valence-corrected chi connectivity index (χ4v) is 3.90. The summed E-state index contributed by atoms with van der Waals surface area (Å²) < 4.78 is 31.6. The summed E-state index contributed by atoms with van der Waals surface area (Å²) in [5, 5.41) is 1.28. The molecule has 2 unspecified atom stereocenters. The van der Waals surface area contributed by atoms with Crippen molar-refractivity contribution in [2.45, 2.75) is 40.0 Å². The highest BCUT2D eigenvalue weighted by Gasteiger charge is 2.61. The van der Waals surface area contributed by atoms with Crippen LogP contribution in [0.1, 0.15) is 40.0 Å². The van der Waals surface area contributed by atoms with Gasteiger partial charge in [0.05, 0.1) is 0 Å². The lowest BCUT2D eigenvalue weighted by molar-refractivity contribution is -0.128. The predicted molar refractivity (Wildman–Crippen MR) is 96.7 cm³/mol. The van der Waals surface area contributed by atoms with Crippen LogP contribution in [-0.2, 0) is 15.2 Å². The molecule has 138 valence electrons. The number of nitrogens with one attached hydrogen (secondary N) is 1. The van der Waals surface area contributed by atoms with E-state index in [4.69, 9.17) is 17.5 Å². The molecule has 1 aromatic carbocycles. The Morgan fingerprint density at radius 2 is 1.72 bits per heavy atom. The molecule has 0 saturated heterocycles. The molecule has 1 heterocycles. The number of fused-ring (bicyclic) bond motifs is 3. The lowest BCUT2D eigenvalue weighted by atomic mass is 9.70. The number of H-pyrrole nitrogens is 1. The lowest BCUT2D eigenvalue weighted by Gasteiger charge is -2.32. The fourth-order valence-electron chi connectivity index (χ4n) is 3.90. The molecule has 2 fully saturated rings. The number of Topliss-reactive ketones (excluding diaryl/α,β-unsaturated/α-hetero) is 1. The summed E-state index contributed by atoms with van der Waals surface area (Å²) in [4.78, 5) is 14.7. The third-order valence-electron chi connectivity index (χ3n) is 5.95. The zero-order valence-electron chi connectivity index (χ0n) is 14.7.